The molecule has 0 aliphatic carbocycles. The van der Waals surface area contributed by atoms with Gasteiger partial charge in [-0.2, -0.15) is 4.31 Å². The molecule has 1 saturated heterocycles. The standard InChI is InChI=1S/C12H24N4O4S.ClH/c1-10(12(18)14(2)3)21(19,20)15(4)9-11(17)16-7-5-13-6-8-16;/h10,13H,5-9H2,1-4H3;1H. The zero-order valence-electron chi connectivity index (χ0n) is 13.4. The molecule has 0 aromatic rings. The van der Waals surface area contributed by atoms with E-state index >= 15 is 0 Å². The lowest BCUT2D eigenvalue weighted by Gasteiger charge is -2.30. The lowest BCUT2D eigenvalue weighted by Crippen LogP contribution is -2.51. The van der Waals surface area contributed by atoms with Crippen LogP contribution in [-0.2, 0) is 19.6 Å². The van der Waals surface area contributed by atoms with Gasteiger partial charge >= 0.3 is 0 Å². The monoisotopic (exact) mass is 356 g/mol. The number of nitrogens with zero attached hydrogens (tertiary/aromatic N) is 3. The highest BCUT2D eigenvalue weighted by Crippen LogP contribution is 2.10. The fourth-order valence-electron chi connectivity index (χ4n) is 2.06. The number of carbonyl (C=O) groups excluding carboxylic acids is 2. The Kier molecular flexibility index (Phi) is 8.30. The third-order valence-electron chi connectivity index (χ3n) is 3.50. The van der Waals surface area contributed by atoms with Crippen molar-refractivity contribution in [3.8, 4) is 0 Å². The van der Waals surface area contributed by atoms with E-state index in [-0.39, 0.29) is 24.9 Å². The summed E-state index contributed by atoms with van der Waals surface area (Å²) in [5, 5.41) is 1.92. The molecule has 0 saturated carbocycles. The number of nitrogens with one attached hydrogen (secondary N) is 1. The van der Waals surface area contributed by atoms with E-state index in [9.17, 15) is 18.0 Å². The second-order valence-corrected chi connectivity index (χ2v) is 7.67. The molecular formula is C12H25ClN4O4S. The molecule has 130 valence electrons. The number of halogens is 1. The molecule has 1 aliphatic heterocycles. The Morgan fingerprint density at radius 1 is 1.18 bits per heavy atom. The van der Waals surface area contributed by atoms with E-state index in [0.717, 1.165) is 4.31 Å². The quantitative estimate of drug-likeness (QED) is 0.653. The van der Waals surface area contributed by atoms with Crippen molar-refractivity contribution in [2.45, 2.75) is 12.2 Å². The molecule has 0 aromatic heterocycles. The highest BCUT2D eigenvalue weighted by molar-refractivity contribution is 7.90. The fourth-order valence-corrected chi connectivity index (χ4v) is 3.35. The summed E-state index contributed by atoms with van der Waals surface area (Å²) in [5.74, 6) is -0.747. The first kappa shape index (κ1) is 21.1. The van der Waals surface area contributed by atoms with E-state index in [4.69, 9.17) is 0 Å². The Morgan fingerprint density at radius 3 is 2.14 bits per heavy atom. The number of likely N-dealkylation sites (N-methyl/N-ethyl adjacent to an activating group) is 1. The van der Waals surface area contributed by atoms with Crippen LogP contribution in [0.3, 0.4) is 0 Å². The van der Waals surface area contributed by atoms with E-state index in [1.54, 1.807) is 4.90 Å². The normalized spacial score (nSPS) is 16.9. The van der Waals surface area contributed by atoms with Crippen molar-refractivity contribution in [1.82, 2.24) is 19.4 Å². The maximum Gasteiger partial charge on any atom is 0.241 e. The lowest BCUT2D eigenvalue weighted by atomic mass is 10.3. The Balaban J connectivity index is 0.00000441. The summed E-state index contributed by atoms with van der Waals surface area (Å²) in [7, 11) is 0.491. The van der Waals surface area contributed by atoms with Gasteiger partial charge in [0.05, 0.1) is 6.54 Å². The van der Waals surface area contributed by atoms with Crippen LogP contribution in [0.4, 0.5) is 0 Å². The smallest absolute Gasteiger partial charge is 0.241 e. The molecule has 10 heteroatoms. The Bertz CT molecular complexity index is 491. The zero-order valence-corrected chi connectivity index (χ0v) is 15.0. The predicted molar refractivity (Wildman–Crippen MR) is 86.4 cm³/mol. The van der Waals surface area contributed by atoms with Crippen molar-refractivity contribution in [1.29, 1.82) is 0 Å². The van der Waals surface area contributed by atoms with Gasteiger partial charge in [-0.3, -0.25) is 9.59 Å². The zero-order chi connectivity index (χ0) is 16.2. The van der Waals surface area contributed by atoms with Crippen LogP contribution in [0.25, 0.3) is 0 Å². The molecule has 8 nitrogen and oxygen atoms in total. The van der Waals surface area contributed by atoms with Crippen LogP contribution < -0.4 is 5.32 Å². The largest absolute Gasteiger partial charge is 0.348 e. The Morgan fingerprint density at radius 2 is 1.68 bits per heavy atom. The van der Waals surface area contributed by atoms with Crippen molar-refractivity contribution in [3.05, 3.63) is 0 Å². The third-order valence-corrected chi connectivity index (χ3v) is 5.59. The summed E-state index contributed by atoms with van der Waals surface area (Å²) in [5.41, 5.74) is 0. The van der Waals surface area contributed by atoms with Crippen LogP contribution in [0.5, 0.6) is 0 Å². The molecule has 1 rings (SSSR count). The van der Waals surface area contributed by atoms with Gasteiger partial charge in [-0.15, -0.1) is 12.4 Å². The molecule has 1 unspecified atom stereocenters. The maximum atomic E-state index is 12.3. The van der Waals surface area contributed by atoms with E-state index in [2.05, 4.69) is 5.32 Å². The summed E-state index contributed by atoms with van der Waals surface area (Å²) >= 11 is 0. The van der Waals surface area contributed by atoms with E-state index in [1.807, 2.05) is 0 Å². The molecule has 0 radical (unpaired) electrons. The average Bonchev–Trinajstić information content (AvgIpc) is 2.46. The van der Waals surface area contributed by atoms with Gasteiger partial charge in [-0.25, -0.2) is 8.42 Å². The molecule has 1 N–H and O–H groups in total. The van der Waals surface area contributed by atoms with Crippen LogP contribution in [0.1, 0.15) is 6.92 Å². The summed E-state index contributed by atoms with van der Waals surface area (Å²) in [6, 6.07) is 0. The summed E-state index contributed by atoms with van der Waals surface area (Å²) < 4.78 is 25.5. The van der Waals surface area contributed by atoms with Crippen LogP contribution in [0.2, 0.25) is 0 Å². The van der Waals surface area contributed by atoms with Crippen LogP contribution >= 0.6 is 12.4 Å². The molecule has 0 aromatic carbocycles. The minimum Gasteiger partial charge on any atom is -0.348 e. The molecule has 22 heavy (non-hydrogen) atoms. The molecule has 1 atom stereocenters. The van der Waals surface area contributed by atoms with Gasteiger partial charge < -0.3 is 15.1 Å². The first-order valence-electron chi connectivity index (χ1n) is 6.82. The Hall–Kier alpha value is -0.900. The van der Waals surface area contributed by atoms with E-state index in [0.29, 0.717) is 26.2 Å². The van der Waals surface area contributed by atoms with Crippen molar-refractivity contribution in [3.63, 3.8) is 0 Å². The molecular weight excluding hydrogens is 332 g/mol. The average molecular weight is 357 g/mol. The van der Waals surface area contributed by atoms with Gasteiger partial charge in [0, 0.05) is 47.3 Å². The fraction of sp³-hybridized carbons (Fsp3) is 0.833. The van der Waals surface area contributed by atoms with Crippen LogP contribution in [0, 0.1) is 0 Å². The minimum absolute atomic E-state index is 0. The van der Waals surface area contributed by atoms with Gasteiger partial charge in [-0.1, -0.05) is 0 Å². The molecule has 0 spiro atoms. The minimum atomic E-state index is -3.84. The van der Waals surface area contributed by atoms with Crippen molar-refractivity contribution >= 4 is 34.2 Å². The molecule has 0 bridgehead atoms. The molecule has 1 heterocycles. The van der Waals surface area contributed by atoms with Crippen molar-refractivity contribution in [2.75, 3.05) is 53.9 Å². The van der Waals surface area contributed by atoms with Crippen LogP contribution in [0.15, 0.2) is 0 Å². The topological polar surface area (TPSA) is 90.0 Å². The molecule has 1 aliphatic rings. The number of hydrogen-bond donors (Lipinski definition) is 1. The third kappa shape index (κ3) is 5.08. The number of rotatable bonds is 5. The second-order valence-electron chi connectivity index (χ2n) is 5.31. The number of sulfonamides is 1. The SMILES string of the molecule is CC(C(=O)N(C)C)S(=O)(=O)N(C)CC(=O)N1CCNCC1.Cl. The molecule has 2 amide bonds. The summed E-state index contributed by atoms with van der Waals surface area (Å²) in [6.07, 6.45) is 0. The predicted octanol–water partition coefficient (Wildman–Crippen LogP) is -1.42. The van der Waals surface area contributed by atoms with Gasteiger partial charge in [0.15, 0.2) is 5.25 Å². The number of carbonyl (C=O) groups is 2. The van der Waals surface area contributed by atoms with Crippen molar-refractivity contribution < 1.29 is 18.0 Å². The lowest BCUT2D eigenvalue weighted by molar-refractivity contribution is -0.132. The highest BCUT2D eigenvalue weighted by atomic mass is 35.5. The second kappa shape index (κ2) is 8.66. The van der Waals surface area contributed by atoms with Gasteiger partial charge in [0.25, 0.3) is 0 Å². The van der Waals surface area contributed by atoms with Gasteiger partial charge in [0.2, 0.25) is 21.8 Å². The van der Waals surface area contributed by atoms with Crippen LogP contribution in [-0.4, -0.2) is 93.5 Å². The first-order valence-corrected chi connectivity index (χ1v) is 8.33. The highest BCUT2D eigenvalue weighted by Gasteiger charge is 2.34. The summed E-state index contributed by atoms with van der Waals surface area (Å²) in [4.78, 5) is 26.7. The molecule has 1 fully saturated rings. The number of hydrogen-bond acceptors (Lipinski definition) is 5. The maximum absolute atomic E-state index is 12.3. The van der Waals surface area contributed by atoms with Gasteiger partial charge in [-0.05, 0) is 6.92 Å². The first-order chi connectivity index (χ1) is 9.67. The van der Waals surface area contributed by atoms with Crippen molar-refractivity contribution in [2.24, 2.45) is 0 Å². The Labute approximate surface area is 138 Å². The van der Waals surface area contributed by atoms with E-state index < -0.39 is 21.2 Å². The van der Waals surface area contributed by atoms with Gasteiger partial charge in [0.1, 0.15) is 0 Å². The summed E-state index contributed by atoms with van der Waals surface area (Å²) in [6.45, 7) is 3.64. The number of piperazine rings is 1. The number of amides is 2. The van der Waals surface area contributed by atoms with E-state index in [1.165, 1.54) is 33.0 Å².